The average molecular weight is 222 g/mol. The highest BCUT2D eigenvalue weighted by molar-refractivity contribution is 6.11. The third kappa shape index (κ3) is 3.53. The summed E-state index contributed by atoms with van der Waals surface area (Å²) in [7, 11) is 4.50. The first-order chi connectivity index (χ1) is 7.56. The van der Waals surface area contributed by atoms with Gasteiger partial charge in [-0.15, -0.1) is 0 Å². The van der Waals surface area contributed by atoms with Crippen molar-refractivity contribution in [3.05, 3.63) is 0 Å². The molecule has 0 fully saturated rings. The van der Waals surface area contributed by atoms with E-state index >= 15 is 0 Å². The molecule has 3 heteroatoms. The minimum absolute atomic E-state index is 0.543. The van der Waals surface area contributed by atoms with Crippen LogP contribution in [-0.4, -0.2) is 37.7 Å². The Morgan fingerprint density at radius 3 is 2.69 bits per heavy atom. The zero-order valence-electron chi connectivity index (χ0n) is 11.7. The lowest BCUT2D eigenvalue weighted by molar-refractivity contribution is 0.311. The van der Waals surface area contributed by atoms with Crippen molar-refractivity contribution in [3.63, 3.8) is 0 Å². The Morgan fingerprint density at radius 2 is 2.12 bits per heavy atom. The number of likely N-dealkylation sites (N-methyl/N-ethyl adjacent to an activating group) is 1. The fourth-order valence-corrected chi connectivity index (χ4v) is 2.60. The van der Waals surface area contributed by atoms with E-state index in [2.05, 4.69) is 40.6 Å². The van der Waals surface area contributed by atoms with E-state index < -0.39 is 0 Å². The predicted molar refractivity (Wildman–Crippen MR) is 75.2 cm³/mol. The molecule has 0 amide bonds. The van der Waals surface area contributed by atoms with Gasteiger partial charge in [-0.1, -0.05) is 38.9 Å². The summed E-state index contributed by atoms with van der Waals surface area (Å²) in [6.45, 7) is 6.71. The third-order valence-electron chi connectivity index (χ3n) is 3.62. The summed E-state index contributed by atoms with van der Waals surface area (Å²) in [6, 6.07) is 1.20. The van der Waals surface area contributed by atoms with E-state index in [-0.39, 0.29) is 0 Å². The summed E-state index contributed by atoms with van der Waals surface area (Å²) < 4.78 is 0. The molecule has 1 rings (SSSR count). The lowest BCUT2D eigenvalue weighted by Crippen LogP contribution is -2.36. The van der Waals surface area contributed by atoms with Crippen LogP contribution in [0.25, 0.3) is 0 Å². The summed E-state index contributed by atoms with van der Waals surface area (Å²) in [4.78, 5) is 7.20. The van der Waals surface area contributed by atoms with Crippen LogP contribution < -0.4 is 0 Å². The topological polar surface area (TPSA) is 15.6 Å². The van der Waals surface area contributed by atoms with Crippen molar-refractivity contribution < 1.29 is 0 Å². The Morgan fingerprint density at radius 1 is 1.44 bits per heavy atom. The fourth-order valence-electron chi connectivity index (χ4n) is 2.60. The van der Waals surface area contributed by atoms with Gasteiger partial charge in [0.15, 0.2) is 0 Å². The molecule has 0 aromatic carbocycles. The Kier molecular flexibility index (Phi) is 5.37. The number of hydrogen-bond donors (Lipinski definition) is 0. The Labute approximate surface area is 102 Å². The first-order valence-electron chi connectivity index (χ1n) is 6.83. The SMILES string of the molecule is BC(C)C[C@@H]1N=C(C)N(C)C1CCCCC. The largest absolute Gasteiger partial charge is 0.359 e. The molecular weight excluding hydrogens is 195 g/mol. The Hall–Kier alpha value is -0.465. The first-order valence-corrected chi connectivity index (χ1v) is 6.83. The number of unbranched alkanes of at least 4 members (excludes halogenated alkanes) is 2. The van der Waals surface area contributed by atoms with Crippen LogP contribution >= 0.6 is 0 Å². The molecule has 3 atom stereocenters. The van der Waals surface area contributed by atoms with Crippen molar-refractivity contribution in [3.8, 4) is 0 Å². The second kappa shape index (κ2) is 6.31. The van der Waals surface area contributed by atoms with Gasteiger partial charge in [0.1, 0.15) is 7.85 Å². The third-order valence-corrected chi connectivity index (χ3v) is 3.62. The number of amidine groups is 1. The number of hydrogen-bond acceptors (Lipinski definition) is 2. The zero-order valence-corrected chi connectivity index (χ0v) is 11.7. The van der Waals surface area contributed by atoms with Crippen LogP contribution in [0.5, 0.6) is 0 Å². The average Bonchev–Trinajstić information content (AvgIpc) is 2.45. The molecule has 92 valence electrons. The number of aliphatic imine (C=N–C) groups is 1. The Bertz CT molecular complexity index is 238. The molecule has 0 bridgehead atoms. The van der Waals surface area contributed by atoms with Crippen molar-refractivity contribution in [1.82, 2.24) is 4.90 Å². The molecule has 0 aliphatic carbocycles. The molecule has 1 heterocycles. The highest BCUT2D eigenvalue weighted by Crippen LogP contribution is 2.26. The standard InChI is InChI=1S/C13H27BN2/c1-5-6-7-8-13-12(9-10(2)14)15-11(3)16(13)4/h10,12-13H,5-9,14H2,1-4H3/t10?,12-,13?/m0/s1. The maximum atomic E-state index is 4.81. The fraction of sp³-hybridized carbons (Fsp3) is 0.923. The van der Waals surface area contributed by atoms with Gasteiger partial charge in [0.2, 0.25) is 0 Å². The van der Waals surface area contributed by atoms with Gasteiger partial charge in [0.05, 0.1) is 17.9 Å². The highest BCUT2D eigenvalue weighted by atomic mass is 15.3. The van der Waals surface area contributed by atoms with Gasteiger partial charge in [-0.05, 0) is 19.8 Å². The second-order valence-electron chi connectivity index (χ2n) is 5.55. The van der Waals surface area contributed by atoms with E-state index in [0.29, 0.717) is 12.1 Å². The summed E-state index contributed by atoms with van der Waals surface area (Å²) in [5.74, 6) is 1.98. The van der Waals surface area contributed by atoms with Crippen LogP contribution in [0, 0.1) is 0 Å². The summed E-state index contributed by atoms with van der Waals surface area (Å²) in [5, 5.41) is 0. The van der Waals surface area contributed by atoms with Gasteiger partial charge >= 0.3 is 0 Å². The summed E-state index contributed by atoms with van der Waals surface area (Å²) in [6.07, 6.45) is 6.56. The van der Waals surface area contributed by atoms with Gasteiger partial charge in [-0.3, -0.25) is 4.99 Å². The maximum Gasteiger partial charge on any atom is 0.105 e. The lowest BCUT2D eigenvalue weighted by Gasteiger charge is -2.27. The second-order valence-corrected chi connectivity index (χ2v) is 5.55. The molecule has 0 saturated carbocycles. The van der Waals surface area contributed by atoms with E-state index in [1.54, 1.807) is 0 Å². The molecule has 0 aromatic heterocycles. The van der Waals surface area contributed by atoms with E-state index in [1.165, 1.54) is 37.9 Å². The van der Waals surface area contributed by atoms with Crippen molar-refractivity contribution >= 4 is 13.7 Å². The van der Waals surface area contributed by atoms with Crippen LogP contribution in [-0.2, 0) is 0 Å². The van der Waals surface area contributed by atoms with Crippen LogP contribution in [0.1, 0.15) is 52.9 Å². The first kappa shape index (κ1) is 13.6. The summed E-state index contributed by atoms with van der Waals surface area (Å²) in [5.41, 5.74) is 0. The number of nitrogens with zero attached hydrogens (tertiary/aromatic N) is 2. The molecule has 16 heavy (non-hydrogen) atoms. The van der Waals surface area contributed by atoms with Crippen LogP contribution in [0.3, 0.4) is 0 Å². The maximum absolute atomic E-state index is 4.81. The zero-order chi connectivity index (χ0) is 12.1. The van der Waals surface area contributed by atoms with Gasteiger partial charge < -0.3 is 4.90 Å². The van der Waals surface area contributed by atoms with E-state index in [9.17, 15) is 0 Å². The molecule has 0 radical (unpaired) electrons. The normalized spacial score (nSPS) is 27.0. The highest BCUT2D eigenvalue weighted by Gasteiger charge is 2.31. The van der Waals surface area contributed by atoms with Crippen molar-refractivity contribution in [2.24, 2.45) is 4.99 Å². The summed E-state index contributed by atoms with van der Waals surface area (Å²) >= 11 is 0. The van der Waals surface area contributed by atoms with Crippen molar-refractivity contribution in [2.75, 3.05) is 7.05 Å². The molecule has 2 unspecified atom stereocenters. The van der Waals surface area contributed by atoms with Crippen molar-refractivity contribution in [2.45, 2.75) is 70.8 Å². The molecule has 0 saturated heterocycles. The van der Waals surface area contributed by atoms with E-state index in [4.69, 9.17) is 4.99 Å². The van der Waals surface area contributed by atoms with Gasteiger partial charge in [-0.2, -0.15) is 0 Å². The molecule has 0 N–H and O–H groups in total. The lowest BCUT2D eigenvalue weighted by atomic mass is 9.82. The van der Waals surface area contributed by atoms with Gasteiger partial charge in [0.25, 0.3) is 0 Å². The quantitative estimate of drug-likeness (QED) is 0.498. The van der Waals surface area contributed by atoms with Gasteiger partial charge in [-0.25, -0.2) is 0 Å². The van der Waals surface area contributed by atoms with Gasteiger partial charge in [0, 0.05) is 7.05 Å². The Balaban J connectivity index is 2.51. The van der Waals surface area contributed by atoms with Crippen molar-refractivity contribution in [1.29, 1.82) is 0 Å². The van der Waals surface area contributed by atoms with Crippen LogP contribution in [0.4, 0.5) is 0 Å². The molecule has 0 spiro atoms. The van der Waals surface area contributed by atoms with Crippen LogP contribution in [0.2, 0.25) is 5.82 Å². The minimum atomic E-state index is 0.543. The minimum Gasteiger partial charge on any atom is -0.359 e. The predicted octanol–water partition coefficient (Wildman–Crippen LogP) is 2.50. The molecule has 1 aliphatic heterocycles. The smallest absolute Gasteiger partial charge is 0.105 e. The van der Waals surface area contributed by atoms with E-state index in [1.807, 2.05) is 0 Å². The monoisotopic (exact) mass is 222 g/mol. The molecular formula is C13H27BN2. The molecule has 0 aromatic rings. The molecule has 1 aliphatic rings. The molecule has 2 nitrogen and oxygen atoms in total. The van der Waals surface area contributed by atoms with Crippen LogP contribution in [0.15, 0.2) is 4.99 Å². The van der Waals surface area contributed by atoms with E-state index in [0.717, 1.165) is 5.82 Å². The number of rotatable bonds is 6.